The average molecular weight is 403 g/mol. The molecule has 0 spiro atoms. The smallest absolute Gasteiger partial charge is 0.243 e. The molecule has 1 aromatic carbocycles. The van der Waals surface area contributed by atoms with Gasteiger partial charge in [0.1, 0.15) is 0 Å². The van der Waals surface area contributed by atoms with Crippen LogP contribution in [0.2, 0.25) is 0 Å². The molecule has 7 heteroatoms. The second kappa shape index (κ2) is 6.91. The van der Waals surface area contributed by atoms with Gasteiger partial charge in [-0.2, -0.15) is 4.31 Å². The van der Waals surface area contributed by atoms with E-state index in [-0.39, 0.29) is 28.8 Å². The van der Waals surface area contributed by atoms with Crippen LogP contribution in [0.3, 0.4) is 0 Å². The molecule has 0 aliphatic carbocycles. The van der Waals surface area contributed by atoms with Crippen molar-refractivity contribution in [2.75, 3.05) is 13.1 Å². The minimum absolute atomic E-state index is 0.0757. The van der Waals surface area contributed by atoms with E-state index in [0.29, 0.717) is 19.4 Å². The molecule has 128 valence electrons. The van der Waals surface area contributed by atoms with E-state index >= 15 is 0 Å². The molecule has 1 amide bonds. The zero-order valence-electron chi connectivity index (χ0n) is 13.7. The fourth-order valence-electron chi connectivity index (χ4n) is 2.60. The number of halogens is 1. The number of hydrogen-bond acceptors (Lipinski definition) is 3. The van der Waals surface area contributed by atoms with Gasteiger partial charge >= 0.3 is 0 Å². The SMILES string of the molecule is CC(C)(C)NC(=O)[C@H]1CCCN(S(=O)(=O)c2ccc(Br)cc2)C1. The summed E-state index contributed by atoms with van der Waals surface area (Å²) < 4.78 is 27.7. The lowest BCUT2D eigenvalue weighted by Crippen LogP contribution is -2.49. The number of amides is 1. The van der Waals surface area contributed by atoms with Crippen LogP contribution in [0.5, 0.6) is 0 Å². The molecule has 0 aromatic heterocycles. The molecule has 0 saturated carbocycles. The minimum atomic E-state index is -3.56. The van der Waals surface area contributed by atoms with Crippen LogP contribution in [0, 0.1) is 5.92 Å². The van der Waals surface area contributed by atoms with Crippen LogP contribution in [0.4, 0.5) is 0 Å². The Hall–Kier alpha value is -0.920. The molecule has 5 nitrogen and oxygen atoms in total. The van der Waals surface area contributed by atoms with Gasteiger partial charge in [0.05, 0.1) is 10.8 Å². The quantitative estimate of drug-likeness (QED) is 0.844. The molecule has 1 N–H and O–H groups in total. The maximum Gasteiger partial charge on any atom is 0.243 e. The van der Waals surface area contributed by atoms with Crippen molar-refractivity contribution in [1.82, 2.24) is 9.62 Å². The molecular formula is C16H23BrN2O3S. The van der Waals surface area contributed by atoms with Gasteiger partial charge in [-0.1, -0.05) is 15.9 Å². The molecule has 0 unspecified atom stereocenters. The standard InChI is InChI=1S/C16H23BrN2O3S/c1-16(2,3)18-15(20)12-5-4-10-19(11-12)23(21,22)14-8-6-13(17)7-9-14/h6-9,12H,4-5,10-11H2,1-3H3,(H,18,20)/t12-/m0/s1. The van der Waals surface area contributed by atoms with Crippen LogP contribution in [0.1, 0.15) is 33.6 Å². The summed E-state index contributed by atoms with van der Waals surface area (Å²) in [6.45, 7) is 6.45. The third kappa shape index (κ3) is 4.78. The van der Waals surface area contributed by atoms with Gasteiger partial charge in [-0.15, -0.1) is 0 Å². The zero-order chi connectivity index (χ0) is 17.3. The van der Waals surface area contributed by atoms with Gasteiger partial charge in [0.2, 0.25) is 15.9 Å². The van der Waals surface area contributed by atoms with Crippen molar-refractivity contribution in [3.05, 3.63) is 28.7 Å². The van der Waals surface area contributed by atoms with Gasteiger partial charge in [-0.05, 0) is 57.9 Å². The summed E-state index contributed by atoms with van der Waals surface area (Å²) in [4.78, 5) is 12.6. The highest BCUT2D eigenvalue weighted by Gasteiger charge is 2.34. The van der Waals surface area contributed by atoms with Crippen molar-refractivity contribution in [1.29, 1.82) is 0 Å². The number of piperidine rings is 1. The number of rotatable bonds is 3. The fraction of sp³-hybridized carbons (Fsp3) is 0.562. The summed E-state index contributed by atoms with van der Waals surface area (Å²) in [6.07, 6.45) is 1.41. The summed E-state index contributed by atoms with van der Waals surface area (Å²) in [5.74, 6) is -0.374. The number of hydrogen-bond donors (Lipinski definition) is 1. The van der Waals surface area contributed by atoms with Crippen molar-refractivity contribution in [3.63, 3.8) is 0 Å². The number of nitrogens with one attached hydrogen (secondary N) is 1. The highest BCUT2D eigenvalue weighted by atomic mass is 79.9. The monoisotopic (exact) mass is 402 g/mol. The largest absolute Gasteiger partial charge is 0.351 e. The number of nitrogens with zero attached hydrogens (tertiary/aromatic N) is 1. The van der Waals surface area contributed by atoms with Crippen molar-refractivity contribution in [2.24, 2.45) is 5.92 Å². The second-order valence-corrected chi connectivity index (χ2v) is 9.75. The Labute approximate surface area is 146 Å². The van der Waals surface area contributed by atoms with E-state index in [1.54, 1.807) is 24.3 Å². The van der Waals surface area contributed by atoms with Crippen LogP contribution >= 0.6 is 15.9 Å². The molecular weight excluding hydrogens is 380 g/mol. The molecule has 23 heavy (non-hydrogen) atoms. The second-order valence-electron chi connectivity index (χ2n) is 6.90. The summed E-state index contributed by atoms with van der Waals surface area (Å²) >= 11 is 3.30. The number of sulfonamides is 1. The maximum atomic E-state index is 12.7. The van der Waals surface area contributed by atoms with Gasteiger partial charge in [-0.3, -0.25) is 4.79 Å². The lowest BCUT2D eigenvalue weighted by molar-refractivity contribution is -0.127. The first kappa shape index (κ1) is 18.4. The normalized spacial score (nSPS) is 20.3. The van der Waals surface area contributed by atoms with Crippen LogP contribution in [0.15, 0.2) is 33.6 Å². The summed E-state index contributed by atoms with van der Waals surface area (Å²) in [6, 6.07) is 6.58. The Morgan fingerprint density at radius 1 is 1.26 bits per heavy atom. The molecule has 1 heterocycles. The third-order valence-corrected chi connectivity index (χ3v) is 6.11. The van der Waals surface area contributed by atoms with E-state index in [1.165, 1.54) is 4.31 Å². The first-order valence-electron chi connectivity index (χ1n) is 7.67. The molecule has 0 bridgehead atoms. The van der Waals surface area contributed by atoms with Crippen molar-refractivity contribution in [3.8, 4) is 0 Å². The topological polar surface area (TPSA) is 66.5 Å². The molecule has 1 aromatic rings. The predicted octanol–water partition coefficient (Wildman–Crippen LogP) is 2.76. The predicted molar refractivity (Wildman–Crippen MR) is 93.5 cm³/mol. The van der Waals surface area contributed by atoms with Crippen molar-refractivity contribution >= 4 is 31.9 Å². The maximum absolute atomic E-state index is 12.7. The van der Waals surface area contributed by atoms with Gasteiger partial charge < -0.3 is 5.32 Å². The van der Waals surface area contributed by atoms with Crippen LogP contribution in [0.25, 0.3) is 0 Å². The van der Waals surface area contributed by atoms with E-state index in [2.05, 4.69) is 21.2 Å². The molecule has 1 saturated heterocycles. The van der Waals surface area contributed by atoms with E-state index in [1.807, 2.05) is 20.8 Å². The highest BCUT2D eigenvalue weighted by Crippen LogP contribution is 2.25. The van der Waals surface area contributed by atoms with Gasteiger partial charge in [0.25, 0.3) is 0 Å². The van der Waals surface area contributed by atoms with Gasteiger partial charge in [0.15, 0.2) is 0 Å². The summed E-state index contributed by atoms with van der Waals surface area (Å²) in [7, 11) is -3.56. The van der Waals surface area contributed by atoms with Crippen LogP contribution < -0.4 is 5.32 Å². The van der Waals surface area contributed by atoms with E-state index in [0.717, 1.165) is 4.47 Å². The number of benzene rings is 1. The Kier molecular flexibility index (Phi) is 5.53. The highest BCUT2D eigenvalue weighted by molar-refractivity contribution is 9.10. The Bertz CT molecular complexity index is 666. The van der Waals surface area contributed by atoms with Crippen molar-refractivity contribution < 1.29 is 13.2 Å². The molecule has 1 fully saturated rings. The van der Waals surface area contributed by atoms with E-state index in [4.69, 9.17) is 0 Å². The van der Waals surface area contributed by atoms with Gasteiger partial charge in [-0.25, -0.2) is 8.42 Å². The molecule has 1 atom stereocenters. The lowest BCUT2D eigenvalue weighted by Gasteiger charge is -2.33. The number of carbonyl (C=O) groups excluding carboxylic acids is 1. The first-order valence-corrected chi connectivity index (χ1v) is 9.91. The molecule has 1 aliphatic heterocycles. The van der Waals surface area contributed by atoms with E-state index < -0.39 is 10.0 Å². The summed E-state index contributed by atoms with van der Waals surface area (Å²) in [5, 5.41) is 2.94. The van der Waals surface area contributed by atoms with E-state index in [9.17, 15) is 13.2 Å². The Balaban J connectivity index is 2.14. The van der Waals surface area contributed by atoms with Crippen molar-refractivity contribution in [2.45, 2.75) is 44.0 Å². The average Bonchev–Trinajstić information content (AvgIpc) is 2.46. The number of carbonyl (C=O) groups is 1. The minimum Gasteiger partial charge on any atom is -0.351 e. The lowest BCUT2D eigenvalue weighted by atomic mass is 9.97. The van der Waals surface area contributed by atoms with Crippen LogP contribution in [-0.4, -0.2) is 37.3 Å². The third-order valence-electron chi connectivity index (χ3n) is 3.70. The Morgan fingerprint density at radius 3 is 2.43 bits per heavy atom. The zero-order valence-corrected chi connectivity index (χ0v) is 16.1. The molecule has 1 aliphatic rings. The first-order chi connectivity index (χ1) is 10.6. The molecule has 0 radical (unpaired) electrons. The Morgan fingerprint density at radius 2 is 1.87 bits per heavy atom. The fourth-order valence-corrected chi connectivity index (χ4v) is 4.39. The molecule has 2 rings (SSSR count). The van der Waals surface area contributed by atoms with Crippen LogP contribution in [-0.2, 0) is 14.8 Å². The summed E-state index contributed by atoms with van der Waals surface area (Å²) in [5.41, 5.74) is -0.316. The van der Waals surface area contributed by atoms with Gasteiger partial charge in [0, 0.05) is 23.1 Å².